The maximum absolute atomic E-state index is 8.78. The Kier molecular flexibility index (Phi) is 11.5. The number of hydrogen-bond donors (Lipinski definition) is 1. The van der Waals surface area contributed by atoms with E-state index in [0.717, 1.165) is 37.7 Å². The lowest BCUT2D eigenvalue weighted by Crippen LogP contribution is -2.06. The molecule has 0 aromatic rings. The monoisotopic (exact) mass is 222 g/mol. The standard InChI is InChI=1S/C10H22O3S/c1-10(8-11)9-14-7-6-13-5-3-4-12-2/h10-11H,3-9H2,1-2H3. The molecule has 0 rings (SSSR count). The molecule has 1 unspecified atom stereocenters. The number of aliphatic hydroxyl groups excluding tert-OH is 1. The van der Waals surface area contributed by atoms with Crippen LogP contribution in [0.1, 0.15) is 13.3 Å². The van der Waals surface area contributed by atoms with Crippen LogP contribution in [-0.2, 0) is 9.47 Å². The molecule has 4 heteroatoms. The van der Waals surface area contributed by atoms with Gasteiger partial charge in [0.2, 0.25) is 0 Å². The molecule has 14 heavy (non-hydrogen) atoms. The van der Waals surface area contributed by atoms with Gasteiger partial charge in [-0.2, -0.15) is 11.8 Å². The van der Waals surface area contributed by atoms with Gasteiger partial charge >= 0.3 is 0 Å². The third kappa shape index (κ3) is 10.3. The Hall–Kier alpha value is 0.230. The average Bonchev–Trinajstić information content (AvgIpc) is 2.21. The maximum Gasteiger partial charge on any atom is 0.0556 e. The molecule has 0 saturated heterocycles. The van der Waals surface area contributed by atoms with Crippen LogP contribution in [0.25, 0.3) is 0 Å². The van der Waals surface area contributed by atoms with Crippen molar-refractivity contribution in [1.82, 2.24) is 0 Å². The normalized spacial score (nSPS) is 13.1. The molecule has 1 N–H and O–H groups in total. The van der Waals surface area contributed by atoms with Gasteiger partial charge in [0.1, 0.15) is 0 Å². The molecule has 1 atom stereocenters. The van der Waals surface area contributed by atoms with E-state index in [1.165, 1.54) is 0 Å². The Morgan fingerprint density at radius 2 is 2.07 bits per heavy atom. The van der Waals surface area contributed by atoms with E-state index in [2.05, 4.69) is 0 Å². The first kappa shape index (κ1) is 14.2. The highest BCUT2D eigenvalue weighted by atomic mass is 32.2. The van der Waals surface area contributed by atoms with Crippen LogP contribution in [0.2, 0.25) is 0 Å². The van der Waals surface area contributed by atoms with E-state index in [1.807, 2.05) is 18.7 Å². The number of hydrogen-bond acceptors (Lipinski definition) is 4. The molecule has 0 spiro atoms. The van der Waals surface area contributed by atoms with Crippen molar-refractivity contribution in [2.45, 2.75) is 13.3 Å². The Morgan fingerprint density at radius 3 is 2.71 bits per heavy atom. The van der Waals surface area contributed by atoms with E-state index in [-0.39, 0.29) is 6.61 Å². The highest BCUT2D eigenvalue weighted by Crippen LogP contribution is 2.06. The molecule has 0 aliphatic rings. The molecule has 0 amide bonds. The zero-order valence-corrected chi connectivity index (χ0v) is 10.0. The van der Waals surface area contributed by atoms with E-state index in [4.69, 9.17) is 14.6 Å². The highest BCUT2D eigenvalue weighted by Gasteiger charge is 1.98. The molecular formula is C10H22O3S. The number of aliphatic hydroxyl groups is 1. The summed E-state index contributed by atoms with van der Waals surface area (Å²) in [5.41, 5.74) is 0. The summed E-state index contributed by atoms with van der Waals surface area (Å²) in [6, 6.07) is 0. The van der Waals surface area contributed by atoms with Gasteiger partial charge in [-0.3, -0.25) is 0 Å². The summed E-state index contributed by atoms with van der Waals surface area (Å²) in [5, 5.41) is 8.78. The van der Waals surface area contributed by atoms with E-state index in [1.54, 1.807) is 7.11 Å². The minimum atomic E-state index is 0.279. The van der Waals surface area contributed by atoms with Crippen LogP contribution in [0.3, 0.4) is 0 Å². The number of methoxy groups -OCH3 is 1. The van der Waals surface area contributed by atoms with Crippen molar-refractivity contribution in [2.75, 3.05) is 45.0 Å². The van der Waals surface area contributed by atoms with Crippen molar-refractivity contribution in [3.63, 3.8) is 0 Å². The van der Waals surface area contributed by atoms with Crippen molar-refractivity contribution in [2.24, 2.45) is 5.92 Å². The summed E-state index contributed by atoms with van der Waals surface area (Å²) >= 11 is 1.83. The van der Waals surface area contributed by atoms with Crippen LogP contribution in [-0.4, -0.2) is 50.1 Å². The van der Waals surface area contributed by atoms with Gasteiger partial charge in [-0.15, -0.1) is 0 Å². The van der Waals surface area contributed by atoms with Crippen LogP contribution in [0.15, 0.2) is 0 Å². The van der Waals surface area contributed by atoms with Gasteiger partial charge in [-0.25, -0.2) is 0 Å². The number of ether oxygens (including phenoxy) is 2. The predicted octanol–water partition coefficient (Wildman–Crippen LogP) is 1.40. The lowest BCUT2D eigenvalue weighted by Gasteiger charge is -2.07. The largest absolute Gasteiger partial charge is 0.396 e. The SMILES string of the molecule is COCCCOCCSCC(C)CO. The maximum atomic E-state index is 8.78. The highest BCUT2D eigenvalue weighted by molar-refractivity contribution is 7.99. The fourth-order valence-corrected chi connectivity index (χ4v) is 1.77. The van der Waals surface area contributed by atoms with E-state index >= 15 is 0 Å². The van der Waals surface area contributed by atoms with Crippen LogP contribution >= 0.6 is 11.8 Å². The molecule has 0 aromatic heterocycles. The van der Waals surface area contributed by atoms with E-state index in [0.29, 0.717) is 5.92 Å². The summed E-state index contributed by atoms with van der Waals surface area (Å²) in [6.45, 7) is 4.68. The van der Waals surface area contributed by atoms with E-state index < -0.39 is 0 Å². The van der Waals surface area contributed by atoms with Gasteiger partial charge in [0.25, 0.3) is 0 Å². The zero-order valence-electron chi connectivity index (χ0n) is 9.20. The molecule has 0 heterocycles. The molecular weight excluding hydrogens is 200 g/mol. The first-order chi connectivity index (χ1) is 6.81. The summed E-state index contributed by atoms with van der Waals surface area (Å²) in [5.74, 6) is 2.42. The Labute approximate surface area is 91.2 Å². The Balaban J connectivity index is 2.92. The molecule has 0 radical (unpaired) electrons. The van der Waals surface area contributed by atoms with Crippen molar-refractivity contribution < 1.29 is 14.6 Å². The van der Waals surface area contributed by atoms with Crippen molar-refractivity contribution in [3.8, 4) is 0 Å². The van der Waals surface area contributed by atoms with Gasteiger partial charge in [-0.05, 0) is 18.1 Å². The molecule has 86 valence electrons. The minimum Gasteiger partial charge on any atom is -0.396 e. The van der Waals surface area contributed by atoms with Gasteiger partial charge in [0.15, 0.2) is 0 Å². The first-order valence-electron chi connectivity index (χ1n) is 5.06. The third-order valence-corrected chi connectivity index (χ3v) is 2.98. The summed E-state index contributed by atoms with van der Waals surface area (Å²) in [4.78, 5) is 0. The molecule has 0 aromatic carbocycles. The second-order valence-electron chi connectivity index (χ2n) is 3.32. The average molecular weight is 222 g/mol. The summed E-state index contributed by atoms with van der Waals surface area (Å²) in [6.07, 6.45) is 0.966. The van der Waals surface area contributed by atoms with Crippen molar-refractivity contribution in [3.05, 3.63) is 0 Å². The minimum absolute atomic E-state index is 0.279. The lowest BCUT2D eigenvalue weighted by molar-refractivity contribution is 0.113. The van der Waals surface area contributed by atoms with Gasteiger partial charge in [0.05, 0.1) is 6.61 Å². The first-order valence-corrected chi connectivity index (χ1v) is 6.22. The van der Waals surface area contributed by atoms with Gasteiger partial charge in [0, 0.05) is 32.7 Å². The molecule has 0 bridgehead atoms. The zero-order chi connectivity index (χ0) is 10.6. The van der Waals surface area contributed by atoms with E-state index in [9.17, 15) is 0 Å². The second-order valence-corrected chi connectivity index (χ2v) is 4.47. The second kappa shape index (κ2) is 11.3. The topological polar surface area (TPSA) is 38.7 Å². The van der Waals surface area contributed by atoms with Crippen molar-refractivity contribution >= 4 is 11.8 Å². The quantitative estimate of drug-likeness (QED) is 0.567. The summed E-state index contributed by atoms with van der Waals surface area (Å²) in [7, 11) is 1.70. The molecule has 0 saturated carbocycles. The fourth-order valence-electron chi connectivity index (χ4n) is 0.862. The Bertz CT molecular complexity index is 112. The molecule has 3 nitrogen and oxygen atoms in total. The van der Waals surface area contributed by atoms with Crippen LogP contribution in [0.5, 0.6) is 0 Å². The lowest BCUT2D eigenvalue weighted by atomic mass is 10.2. The van der Waals surface area contributed by atoms with Crippen LogP contribution in [0, 0.1) is 5.92 Å². The summed E-state index contributed by atoms with van der Waals surface area (Å²) < 4.78 is 10.3. The molecule has 0 aliphatic carbocycles. The van der Waals surface area contributed by atoms with Crippen molar-refractivity contribution in [1.29, 1.82) is 0 Å². The number of rotatable bonds is 10. The molecule has 0 aliphatic heterocycles. The predicted molar refractivity (Wildman–Crippen MR) is 60.9 cm³/mol. The Morgan fingerprint density at radius 1 is 1.29 bits per heavy atom. The van der Waals surface area contributed by atoms with Gasteiger partial charge < -0.3 is 14.6 Å². The third-order valence-electron chi connectivity index (χ3n) is 1.72. The van der Waals surface area contributed by atoms with Crippen LogP contribution < -0.4 is 0 Å². The number of thioether (sulfide) groups is 1. The van der Waals surface area contributed by atoms with Crippen LogP contribution in [0.4, 0.5) is 0 Å². The molecule has 0 fully saturated rings. The fraction of sp³-hybridized carbons (Fsp3) is 1.00. The smallest absolute Gasteiger partial charge is 0.0556 e. The van der Waals surface area contributed by atoms with Gasteiger partial charge in [-0.1, -0.05) is 6.92 Å².